The Balaban J connectivity index is 1.84. The second-order valence-corrected chi connectivity index (χ2v) is 6.44. The molecule has 0 unspecified atom stereocenters. The van der Waals surface area contributed by atoms with Crippen LogP contribution in [0, 0.1) is 17.8 Å². The predicted molar refractivity (Wildman–Crippen MR) is 80.4 cm³/mol. The van der Waals surface area contributed by atoms with Crippen LogP contribution in [0.25, 0.3) is 0 Å². The fraction of sp³-hybridized carbons (Fsp3) is 0.533. The van der Waals surface area contributed by atoms with Crippen molar-refractivity contribution in [1.29, 1.82) is 0 Å². The van der Waals surface area contributed by atoms with E-state index in [0.29, 0.717) is 12.3 Å². The van der Waals surface area contributed by atoms with Crippen LogP contribution >= 0.6 is 11.3 Å². The lowest BCUT2D eigenvalue weighted by Crippen LogP contribution is -2.26. The Bertz CT molecular complexity index is 529. The minimum absolute atomic E-state index is 0.101. The summed E-state index contributed by atoms with van der Waals surface area (Å²) in [5.74, 6) is 6.27. The van der Waals surface area contributed by atoms with Gasteiger partial charge in [-0.25, -0.2) is 0 Å². The van der Waals surface area contributed by atoms with Crippen molar-refractivity contribution < 1.29 is 9.90 Å². The lowest BCUT2D eigenvalue weighted by molar-refractivity contribution is -0.126. The molecular weight excluding hydrogens is 272 g/mol. The van der Waals surface area contributed by atoms with E-state index in [1.165, 1.54) is 4.88 Å². The molecule has 1 aliphatic rings. The predicted octanol–water partition coefficient (Wildman–Crippen LogP) is 1.00. The molecule has 1 amide bonds. The van der Waals surface area contributed by atoms with Crippen molar-refractivity contribution in [1.82, 2.24) is 9.80 Å². The van der Waals surface area contributed by atoms with E-state index in [2.05, 4.69) is 29.9 Å². The lowest BCUT2D eigenvalue weighted by atomic mass is 10.1. The van der Waals surface area contributed by atoms with Gasteiger partial charge in [0.1, 0.15) is 6.61 Å². The zero-order chi connectivity index (χ0) is 14.5. The molecule has 1 N–H and O–H groups in total. The molecule has 0 saturated carbocycles. The van der Waals surface area contributed by atoms with E-state index in [9.17, 15) is 4.79 Å². The van der Waals surface area contributed by atoms with E-state index >= 15 is 0 Å². The maximum absolute atomic E-state index is 11.5. The van der Waals surface area contributed by atoms with Crippen LogP contribution in [0.15, 0.2) is 12.1 Å². The maximum Gasteiger partial charge on any atom is 0.222 e. The molecule has 4 nitrogen and oxygen atoms in total. The van der Waals surface area contributed by atoms with E-state index in [-0.39, 0.29) is 12.5 Å². The summed E-state index contributed by atoms with van der Waals surface area (Å²) in [6.45, 7) is 2.57. The smallest absolute Gasteiger partial charge is 0.222 e. The van der Waals surface area contributed by atoms with Gasteiger partial charge in [0.15, 0.2) is 0 Å². The molecule has 0 aromatic carbocycles. The zero-order valence-corrected chi connectivity index (χ0v) is 12.7. The minimum Gasteiger partial charge on any atom is -0.384 e. The summed E-state index contributed by atoms with van der Waals surface area (Å²) in [5, 5.41) is 8.67. The Morgan fingerprint density at radius 1 is 1.55 bits per heavy atom. The van der Waals surface area contributed by atoms with Gasteiger partial charge in [0.25, 0.3) is 0 Å². The van der Waals surface area contributed by atoms with E-state index in [4.69, 9.17) is 5.11 Å². The molecule has 2 heterocycles. The first kappa shape index (κ1) is 15.0. The number of amides is 1. The third-order valence-electron chi connectivity index (χ3n) is 3.37. The van der Waals surface area contributed by atoms with Crippen LogP contribution in [0.5, 0.6) is 0 Å². The first-order chi connectivity index (χ1) is 9.58. The summed E-state index contributed by atoms with van der Waals surface area (Å²) in [4.78, 5) is 17.8. The Morgan fingerprint density at radius 3 is 3.00 bits per heavy atom. The number of aliphatic hydroxyl groups excluding tert-OH is 1. The molecule has 1 aliphatic heterocycles. The Labute approximate surface area is 124 Å². The number of thiophene rings is 1. The highest BCUT2D eigenvalue weighted by Crippen LogP contribution is 2.20. The molecule has 1 saturated heterocycles. The summed E-state index contributed by atoms with van der Waals surface area (Å²) in [7, 11) is 3.95. The van der Waals surface area contributed by atoms with Crippen molar-refractivity contribution in [3.63, 3.8) is 0 Å². The second kappa shape index (κ2) is 6.89. The van der Waals surface area contributed by atoms with Crippen molar-refractivity contribution in [2.24, 2.45) is 5.92 Å². The van der Waals surface area contributed by atoms with Crippen LogP contribution in [0.4, 0.5) is 0 Å². The monoisotopic (exact) mass is 292 g/mol. The lowest BCUT2D eigenvalue weighted by Gasteiger charge is -2.19. The van der Waals surface area contributed by atoms with Gasteiger partial charge in [0, 0.05) is 38.0 Å². The molecular formula is C15H20N2O2S. The third kappa shape index (κ3) is 4.07. The molecule has 5 heteroatoms. The van der Waals surface area contributed by atoms with Gasteiger partial charge in [-0.05, 0) is 25.1 Å². The summed E-state index contributed by atoms with van der Waals surface area (Å²) >= 11 is 1.66. The minimum atomic E-state index is -0.101. The van der Waals surface area contributed by atoms with Crippen LogP contribution in [-0.2, 0) is 11.3 Å². The molecule has 20 heavy (non-hydrogen) atoms. The number of carbonyl (C=O) groups excluding carboxylic acids is 1. The van der Waals surface area contributed by atoms with Crippen LogP contribution in [0.2, 0.25) is 0 Å². The molecule has 1 atom stereocenters. The molecule has 0 radical (unpaired) electrons. The number of carbonyl (C=O) groups is 1. The molecule has 1 aromatic heterocycles. The quantitative estimate of drug-likeness (QED) is 0.842. The summed E-state index contributed by atoms with van der Waals surface area (Å²) in [6, 6.07) is 4.07. The standard InChI is InChI=1S/C15H20N2O2S/c1-16(9-12-8-15(19)17(2)10-12)11-14-6-5-13(20-14)4-3-7-18/h5-6,12,18H,7-11H2,1-2H3/t12-/m0/s1. The van der Waals surface area contributed by atoms with E-state index < -0.39 is 0 Å². The van der Waals surface area contributed by atoms with Crippen LogP contribution in [0.3, 0.4) is 0 Å². The fourth-order valence-corrected chi connectivity index (χ4v) is 3.47. The molecule has 1 aromatic rings. The number of hydrogen-bond donors (Lipinski definition) is 1. The van der Waals surface area contributed by atoms with Gasteiger partial charge in [0.2, 0.25) is 5.91 Å². The second-order valence-electron chi connectivity index (χ2n) is 5.27. The highest BCUT2D eigenvalue weighted by molar-refractivity contribution is 7.12. The summed E-state index contributed by atoms with van der Waals surface area (Å²) in [5.41, 5.74) is 0. The van der Waals surface area contributed by atoms with Gasteiger partial charge >= 0.3 is 0 Å². The van der Waals surface area contributed by atoms with Crippen molar-refractivity contribution in [2.75, 3.05) is 33.8 Å². The number of aliphatic hydroxyl groups is 1. The third-order valence-corrected chi connectivity index (χ3v) is 4.35. The average molecular weight is 292 g/mol. The number of nitrogens with zero attached hydrogens (tertiary/aromatic N) is 2. The van der Waals surface area contributed by atoms with Gasteiger partial charge < -0.3 is 14.9 Å². The van der Waals surface area contributed by atoms with Crippen LogP contribution in [-0.4, -0.2) is 54.6 Å². The molecule has 0 bridgehead atoms. The largest absolute Gasteiger partial charge is 0.384 e. The highest BCUT2D eigenvalue weighted by atomic mass is 32.1. The summed E-state index contributed by atoms with van der Waals surface area (Å²) in [6.07, 6.45) is 0.665. The normalized spacial score (nSPS) is 18.5. The molecule has 108 valence electrons. The highest BCUT2D eigenvalue weighted by Gasteiger charge is 2.27. The van der Waals surface area contributed by atoms with E-state index in [1.807, 2.05) is 18.0 Å². The molecule has 0 aliphatic carbocycles. The first-order valence-electron chi connectivity index (χ1n) is 6.69. The van der Waals surface area contributed by atoms with Crippen molar-refractivity contribution in [3.05, 3.63) is 21.9 Å². The SMILES string of the molecule is CN(Cc1ccc(C#CCO)s1)C[C@@H]1CC(=O)N(C)C1. The van der Waals surface area contributed by atoms with Gasteiger partial charge in [0.05, 0.1) is 4.88 Å². The number of likely N-dealkylation sites (tertiary alicyclic amines) is 1. The first-order valence-corrected chi connectivity index (χ1v) is 7.51. The molecule has 2 rings (SSSR count). The topological polar surface area (TPSA) is 43.8 Å². The van der Waals surface area contributed by atoms with Gasteiger partial charge in [-0.3, -0.25) is 4.79 Å². The molecule has 0 spiro atoms. The van der Waals surface area contributed by atoms with Crippen LogP contribution in [0.1, 0.15) is 16.2 Å². The fourth-order valence-electron chi connectivity index (χ4n) is 2.51. The Hall–Kier alpha value is -1.35. The van der Waals surface area contributed by atoms with Gasteiger partial charge in [-0.1, -0.05) is 11.8 Å². The van der Waals surface area contributed by atoms with E-state index in [1.54, 1.807) is 11.3 Å². The number of hydrogen-bond acceptors (Lipinski definition) is 4. The molecule has 1 fully saturated rings. The maximum atomic E-state index is 11.5. The van der Waals surface area contributed by atoms with Gasteiger partial charge in [-0.15, -0.1) is 11.3 Å². The van der Waals surface area contributed by atoms with Crippen molar-refractivity contribution in [2.45, 2.75) is 13.0 Å². The van der Waals surface area contributed by atoms with Crippen molar-refractivity contribution in [3.8, 4) is 11.8 Å². The average Bonchev–Trinajstić information content (AvgIpc) is 2.94. The Kier molecular flexibility index (Phi) is 5.18. The van der Waals surface area contributed by atoms with E-state index in [0.717, 1.165) is 24.5 Å². The summed E-state index contributed by atoms with van der Waals surface area (Å²) < 4.78 is 0. The zero-order valence-electron chi connectivity index (χ0n) is 11.9. The van der Waals surface area contributed by atoms with Crippen LogP contribution < -0.4 is 0 Å². The van der Waals surface area contributed by atoms with Crippen molar-refractivity contribution >= 4 is 17.2 Å². The van der Waals surface area contributed by atoms with Gasteiger partial charge in [-0.2, -0.15) is 0 Å². The number of rotatable bonds is 4. The Morgan fingerprint density at radius 2 is 2.35 bits per heavy atom.